The van der Waals surface area contributed by atoms with Crippen LogP contribution in [0.1, 0.15) is 33.6 Å². The van der Waals surface area contributed by atoms with Gasteiger partial charge in [-0.25, -0.2) is 0 Å². The van der Waals surface area contributed by atoms with E-state index in [1.807, 2.05) is 0 Å². The van der Waals surface area contributed by atoms with Crippen LogP contribution in [-0.4, -0.2) is 43.0 Å². The van der Waals surface area contributed by atoms with Gasteiger partial charge in [0.2, 0.25) is 5.91 Å². The van der Waals surface area contributed by atoms with E-state index in [1.165, 1.54) is 0 Å². The second-order valence-corrected chi connectivity index (χ2v) is 5.63. The number of likely N-dealkylation sites (N-methyl/N-ethyl adjacent to an activating group) is 1. The van der Waals surface area contributed by atoms with Crippen LogP contribution in [-0.2, 0) is 4.79 Å². The molecule has 1 aliphatic rings. The van der Waals surface area contributed by atoms with Crippen molar-refractivity contribution < 1.29 is 4.79 Å². The van der Waals surface area contributed by atoms with E-state index in [9.17, 15) is 4.79 Å². The molecular weight excluding hydrogens is 202 g/mol. The van der Waals surface area contributed by atoms with Crippen LogP contribution < -0.4 is 11.1 Å². The summed E-state index contributed by atoms with van der Waals surface area (Å²) in [5.41, 5.74) is 5.99. The lowest BCUT2D eigenvalue weighted by atomic mass is 9.85. The average molecular weight is 227 g/mol. The van der Waals surface area contributed by atoms with Gasteiger partial charge in [-0.1, -0.05) is 20.8 Å². The average Bonchev–Trinajstić information content (AvgIpc) is 2.64. The fourth-order valence-corrected chi connectivity index (χ4v) is 2.60. The predicted octanol–water partition coefficient (Wildman–Crippen LogP) is 0.570. The van der Waals surface area contributed by atoms with Gasteiger partial charge in [-0.05, 0) is 24.8 Å². The monoisotopic (exact) mass is 227 g/mol. The van der Waals surface area contributed by atoms with Crippen molar-refractivity contribution in [3.05, 3.63) is 0 Å². The van der Waals surface area contributed by atoms with Gasteiger partial charge in [0.25, 0.3) is 0 Å². The predicted molar refractivity (Wildman–Crippen MR) is 66.1 cm³/mol. The van der Waals surface area contributed by atoms with Crippen LogP contribution in [0.5, 0.6) is 0 Å². The fourth-order valence-electron chi connectivity index (χ4n) is 2.60. The van der Waals surface area contributed by atoms with Gasteiger partial charge in [0, 0.05) is 19.6 Å². The van der Waals surface area contributed by atoms with Crippen molar-refractivity contribution >= 4 is 5.91 Å². The number of carbonyl (C=O) groups excluding carboxylic acids is 1. The van der Waals surface area contributed by atoms with E-state index < -0.39 is 0 Å². The molecule has 0 aromatic heterocycles. The summed E-state index contributed by atoms with van der Waals surface area (Å²) in [5, 5.41) is 2.75. The standard InChI is InChI=1S/C12H25N3O/c1-12(2,3)10(8-13)15-7-5-6-9(15)11(16)14-4/h9-10H,5-8,13H2,1-4H3,(H,14,16). The first-order valence-corrected chi connectivity index (χ1v) is 6.09. The Kier molecular flexibility index (Phi) is 4.33. The maximum Gasteiger partial charge on any atom is 0.237 e. The first-order chi connectivity index (χ1) is 7.41. The highest BCUT2D eigenvalue weighted by Gasteiger charge is 2.39. The maximum atomic E-state index is 11.8. The van der Waals surface area contributed by atoms with Crippen LogP contribution in [0, 0.1) is 5.41 Å². The van der Waals surface area contributed by atoms with Crippen LogP contribution in [0.25, 0.3) is 0 Å². The summed E-state index contributed by atoms with van der Waals surface area (Å²) < 4.78 is 0. The van der Waals surface area contributed by atoms with Crippen LogP contribution in [0.4, 0.5) is 0 Å². The molecule has 0 saturated carbocycles. The number of nitrogens with two attached hydrogens (primary N) is 1. The molecule has 1 amide bonds. The van der Waals surface area contributed by atoms with Gasteiger partial charge < -0.3 is 11.1 Å². The van der Waals surface area contributed by atoms with Gasteiger partial charge >= 0.3 is 0 Å². The number of hydrogen-bond acceptors (Lipinski definition) is 3. The van der Waals surface area contributed by atoms with E-state index in [-0.39, 0.29) is 23.4 Å². The first kappa shape index (κ1) is 13.5. The number of rotatable bonds is 3. The van der Waals surface area contributed by atoms with Crippen LogP contribution in [0.3, 0.4) is 0 Å². The lowest BCUT2D eigenvalue weighted by Crippen LogP contribution is -2.54. The molecule has 0 radical (unpaired) electrons. The van der Waals surface area contributed by atoms with Crippen molar-refractivity contribution in [1.29, 1.82) is 0 Å². The van der Waals surface area contributed by atoms with Crippen molar-refractivity contribution in [2.45, 2.75) is 45.7 Å². The minimum absolute atomic E-state index is 0.0118. The zero-order chi connectivity index (χ0) is 12.3. The molecule has 16 heavy (non-hydrogen) atoms. The van der Waals surface area contributed by atoms with E-state index in [0.29, 0.717) is 6.54 Å². The van der Waals surface area contributed by atoms with Crippen molar-refractivity contribution in [2.75, 3.05) is 20.1 Å². The lowest BCUT2D eigenvalue weighted by Gasteiger charge is -2.39. The summed E-state index contributed by atoms with van der Waals surface area (Å²) in [6, 6.07) is 0.287. The molecule has 0 aromatic carbocycles. The summed E-state index contributed by atoms with van der Waals surface area (Å²) in [7, 11) is 1.70. The third-order valence-electron chi connectivity index (χ3n) is 3.47. The summed E-state index contributed by atoms with van der Waals surface area (Å²) in [5.74, 6) is 0.125. The van der Waals surface area contributed by atoms with Crippen molar-refractivity contribution in [3.63, 3.8) is 0 Å². The van der Waals surface area contributed by atoms with Crippen LogP contribution in [0.15, 0.2) is 0 Å². The summed E-state index contributed by atoms with van der Waals surface area (Å²) in [4.78, 5) is 14.1. The summed E-state index contributed by atoms with van der Waals surface area (Å²) in [6.45, 7) is 8.14. The Morgan fingerprint density at radius 2 is 2.19 bits per heavy atom. The minimum atomic E-state index is 0.0118. The molecule has 4 nitrogen and oxygen atoms in total. The molecule has 1 fully saturated rings. The number of amides is 1. The SMILES string of the molecule is CNC(=O)C1CCCN1C(CN)C(C)(C)C. The Hall–Kier alpha value is -0.610. The Balaban J connectivity index is 2.80. The van der Waals surface area contributed by atoms with Crippen molar-refractivity contribution in [1.82, 2.24) is 10.2 Å². The van der Waals surface area contributed by atoms with Gasteiger partial charge in [-0.2, -0.15) is 0 Å². The minimum Gasteiger partial charge on any atom is -0.358 e. The highest BCUT2D eigenvalue weighted by molar-refractivity contribution is 5.81. The van der Waals surface area contributed by atoms with Gasteiger partial charge in [0.05, 0.1) is 6.04 Å². The van der Waals surface area contributed by atoms with E-state index in [4.69, 9.17) is 5.73 Å². The molecule has 1 rings (SSSR count). The molecule has 2 unspecified atom stereocenters. The van der Waals surface area contributed by atoms with Gasteiger partial charge in [-0.3, -0.25) is 9.69 Å². The van der Waals surface area contributed by atoms with Crippen LogP contribution >= 0.6 is 0 Å². The lowest BCUT2D eigenvalue weighted by molar-refractivity contribution is -0.126. The molecule has 3 N–H and O–H groups in total. The number of hydrogen-bond donors (Lipinski definition) is 2. The Morgan fingerprint density at radius 3 is 2.62 bits per heavy atom. The van der Waals surface area contributed by atoms with Gasteiger partial charge in [0.1, 0.15) is 0 Å². The number of nitrogens with zero attached hydrogens (tertiary/aromatic N) is 1. The molecule has 0 spiro atoms. The first-order valence-electron chi connectivity index (χ1n) is 6.09. The molecule has 4 heteroatoms. The van der Waals surface area contributed by atoms with Crippen molar-refractivity contribution in [3.8, 4) is 0 Å². The molecular formula is C12H25N3O. The third kappa shape index (κ3) is 2.74. The summed E-state index contributed by atoms with van der Waals surface area (Å²) in [6.07, 6.45) is 2.04. The molecule has 94 valence electrons. The zero-order valence-electron chi connectivity index (χ0n) is 10.9. The Morgan fingerprint density at radius 1 is 1.56 bits per heavy atom. The second kappa shape index (κ2) is 5.15. The molecule has 0 bridgehead atoms. The summed E-state index contributed by atoms with van der Waals surface area (Å²) >= 11 is 0. The highest BCUT2D eigenvalue weighted by atomic mass is 16.2. The molecule has 0 aliphatic carbocycles. The zero-order valence-corrected chi connectivity index (χ0v) is 10.9. The fraction of sp³-hybridized carbons (Fsp3) is 0.917. The molecule has 0 aromatic rings. The molecule has 2 atom stereocenters. The topological polar surface area (TPSA) is 58.4 Å². The maximum absolute atomic E-state index is 11.8. The van der Waals surface area contributed by atoms with E-state index in [1.54, 1.807) is 7.05 Å². The smallest absolute Gasteiger partial charge is 0.237 e. The van der Waals surface area contributed by atoms with Gasteiger partial charge in [0.15, 0.2) is 0 Å². The second-order valence-electron chi connectivity index (χ2n) is 5.63. The molecule has 1 saturated heterocycles. The molecule has 1 heterocycles. The van der Waals surface area contributed by atoms with Gasteiger partial charge in [-0.15, -0.1) is 0 Å². The Bertz CT molecular complexity index is 247. The largest absolute Gasteiger partial charge is 0.358 e. The highest BCUT2D eigenvalue weighted by Crippen LogP contribution is 2.30. The van der Waals surface area contributed by atoms with Crippen LogP contribution in [0.2, 0.25) is 0 Å². The number of carbonyl (C=O) groups is 1. The quantitative estimate of drug-likeness (QED) is 0.741. The normalized spacial score (nSPS) is 24.4. The van der Waals surface area contributed by atoms with E-state index in [2.05, 4.69) is 31.0 Å². The van der Waals surface area contributed by atoms with E-state index in [0.717, 1.165) is 19.4 Å². The number of likely N-dealkylation sites (tertiary alicyclic amines) is 1. The van der Waals surface area contributed by atoms with E-state index >= 15 is 0 Å². The number of nitrogens with one attached hydrogen (secondary N) is 1. The molecule has 1 aliphatic heterocycles. The Labute approximate surface area is 98.6 Å². The third-order valence-corrected chi connectivity index (χ3v) is 3.47. The van der Waals surface area contributed by atoms with Crippen molar-refractivity contribution in [2.24, 2.45) is 11.1 Å².